The zero-order valence-electron chi connectivity index (χ0n) is 33.7. The molecule has 4 aromatic heterocycles. The van der Waals surface area contributed by atoms with Crippen molar-refractivity contribution in [1.82, 2.24) is 19.5 Å². The van der Waals surface area contributed by atoms with Crippen LogP contribution in [0.15, 0.2) is 215 Å². The quantitative estimate of drug-likeness (QED) is 0.167. The van der Waals surface area contributed by atoms with Gasteiger partial charge in [-0.1, -0.05) is 152 Å². The van der Waals surface area contributed by atoms with Crippen molar-refractivity contribution in [3.8, 4) is 62.1 Å². The largest absolute Gasteiger partial charge is 0.456 e. The molecule has 0 aliphatic heterocycles. The summed E-state index contributed by atoms with van der Waals surface area (Å²) in [6.45, 7) is 0. The van der Waals surface area contributed by atoms with Crippen molar-refractivity contribution in [1.29, 1.82) is 0 Å². The number of hydrogen-bond donors (Lipinski definition) is 0. The highest BCUT2D eigenvalue weighted by molar-refractivity contribution is 6.14. The minimum Gasteiger partial charge on any atom is -0.456 e. The summed E-state index contributed by atoms with van der Waals surface area (Å²) in [6.07, 6.45) is 0. The van der Waals surface area contributed by atoms with Gasteiger partial charge in [-0.25, -0.2) is 15.0 Å². The van der Waals surface area contributed by atoms with E-state index in [1.165, 1.54) is 16.3 Å². The maximum atomic E-state index is 6.66. The van der Waals surface area contributed by atoms with Crippen LogP contribution in [-0.4, -0.2) is 19.5 Å². The fourth-order valence-electron chi connectivity index (χ4n) is 9.32. The van der Waals surface area contributed by atoms with Crippen LogP contribution in [0, 0.1) is 0 Å². The highest BCUT2D eigenvalue weighted by Crippen LogP contribution is 2.41. The third-order valence-corrected chi connectivity index (χ3v) is 12.3. The Hall–Kier alpha value is -8.61. The second-order valence-electron chi connectivity index (χ2n) is 15.9. The van der Waals surface area contributed by atoms with Gasteiger partial charge in [-0.3, -0.25) is 0 Å². The first kappa shape index (κ1) is 35.2. The maximum absolute atomic E-state index is 6.66. The van der Waals surface area contributed by atoms with Gasteiger partial charge in [0.2, 0.25) is 0 Å². The monoisotopic (exact) mass is 806 g/mol. The number of rotatable bonds is 6. The summed E-state index contributed by atoms with van der Waals surface area (Å²) >= 11 is 0. The van der Waals surface area contributed by atoms with E-state index in [1.54, 1.807) is 0 Å². The molecule has 13 rings (SSSR count). The minimum atomic E-state index is 0.553. The first-order valence-electron chi connectivity index (χ1n) is 21.1. The second-order valence-corrected chi connectivity index (χ2v) is 15.9. The van der Waals surface area contributed by atoms with Crippen LogP contribution >= 0.6 is 0 Å². The average molecular weight is 807 g/mol. The van der Waals surface area contributed by atoms with Crippen molar-refractivity contribution in [2.45, 2.75) is 0 Å². The molecule has 294 valence electrons. The predicted octanol–water partition coefficient (Wildman–Crippen LogP) is 15.1. The van der Waals surface area contributed by atoms with Crippen molar-refractivity contribution in [3.05, 3.63) is 206 Å². The molecule has 0 spiro atoms. The lowest BCUT2D eigenvalue weighted by Crippen LogP contribution is -2.00. The van der Waals surface area contributed by atoms with Crippen LogP contribution < -0.4 is 0 Å². The number of hydrogen-bond acceptors (Lipinski definition) is 5. The molecular weight excluding hydrogens is 773 g/mol. The summed E-state index contributed by atoms with van der Waals surface area (Å²) in [7, 11) is 0. The molecule has 0 atom stereocenters. The molecular formula is C57H34N4O2. The topological polar surface area (TPSA) is 69.9 Å². The van der Waals surface area contributed by atoms with Gasteiger partial charge >= 0.3 is 0 Å². The summed E-state index contributed by atoms with van der Waals surface area (Å²) in [5, 5.41) is 6.48. The number of benzene rings is 9. The molecule has 0 unspecified atom stereocenters. The van der Waals surface area contributed by atoms with Crippen molar-refractivity contribution < 1.29 is 8.83 Å². The summed E-state index contributed by atoms with van der Waals surface area (Å²) in [6, 6.07) is 71.5. The standard InChI is InChI=1S/C57H34N4O2/c1-4-14-35(15-5-1)41-21-12-22-45-44-30-27-39(34-52(44)63-54(41)45)56-58-55(36-16-6-2-7-17-36)59-57(60-56)46-23-13-25-51-53(46)47-32-37(28-31-50(47)62-51)38-26-29-43-42-20-10-11-24-48(42)61(49(43)33-38)40-18-8-3-9-19-40/h1-34H. The van der Waals surface area contributed by atoms with E-state index in [0.717, 1.165) is 94.0 Å². The molecule has 0 fully saturated rings. The van der Waals surface area contributed by atoms with Crippen LogP contribution in [0.4, 0.5) is 0 Å². The molecule has 0 N–H and O–H groups in total. The lowest BCUT2D eigenvalue weighted by atomic mass is 9.99. The number of furan rings is 2. The van der Waals surface area contributed by atoms with E-state index in [1.807, 2.05) is 54.6 Å². The van der Waals surface area contributed by atoms with E-state index in [0.29, 0.717) is 17.5 Å². The van der Waals surface area contributed by atoms with Crippen molar-refractivity contribution >= 4 is 65.7 Å². The van der Waals surface area contributed by atoms with Crippen LogP contribution in [0.1, 0.15) is 0 Å². The average Bonchev–Trinajstić information content (AvgIpc) is 4.03. The molecule has 0 amide bonds. The summed E-state index contributed by atoms with van der Waals surface area (Å²) < 4.78 is 15.6. The number of fused-ring (bicyclic) bond motifs is 9. The fraction of sp³-hybridized carbons (Fsp3) is 0. The van der Waals surface area contributed by atoms with Crippen LogP contribution in [0.2, 0.25) is 0 Å². The molecule has 9 aromatic carbocycles. The first-order valence-corrected chi connectivity index (χ1v) is 21.1. The van der Waals surface area contributed by atoms with E-state index in [9.17, 15) is 0 Å². The van der Waals surface area contributed by atoms with E-state index < -0.39 is 0 Å². The molecule has 0 saturated heterocycles. The highest BCUT2D eigenvalue weighted by Gasteiger charge is 2.21. The van der Waals surface area contributed by atoms with Crippen molar-refractivity contribution in [2.75, 3.05) is 0 Å². The lowest BCUT2D eigenvalue weighted by molar-refractivity contribution is 0.669. The summed E-state index contributed by atoms with van der Waals surface area (Å²) in [5.74, 6) is 1.69. The Kier molecular flexibility index (Phi) is 7.80. The predicted molar refractivity (Wildman–Crippen MR) is 256 cm³/mol. The molecule has 0 bridgehead atoms. The van der Waals surface area contributed by atoms with E-state index in [4.69, 9.17) is 23.8 Å². The van der Waals surface area contributed by atoms with E-state index >= 15 is 0 Å². The molecule has 0 radical (unpaired) electrons. The van der Waals surface area contributed by atoms with Crippen molar-refractivity contribution in [3.63, 3.8) is 0 Å². The molecule has 63 heavy (non-hydrogen) atoms. The molecule has 4 heterocycles. The van der Waals surface area contributed by atoms with Gasteiger partial charge in [0.15, 0.2) is 17.5 Å². The second kappa shape index (κ2) is 14.0. The van der Waals surface area contributed by atoms with Gasteiger partial charge in [-0.2, -0.15) is 0 Å². The SMILES string of the molecule is c1ccc(-c2nc(-c3ccc4c(c3)oc3c(-c5ccccc5)cccc34)nc(-c3cccc4oc5ccc(-c6ccc7c8ccccc8n(-c8ccccc8)c7c6)cc5c34)n2)cc1. The van der Waals surface area contributed by atoms with E-state index in [2.05, 4.69) is 156 Å². The van der Waals surface area contributed by atoms with Gasteiger partial charge in [0.1, 0.15) is 22.3 Å². The smallest absolute Gasteiger partial charge is 0.164 e. The normalized spacial score (nSPS) is 11.8. The number of nitrogens with zero attached hydrogens (tertiary/aromatic N) is 4. The third kappa shape index (κ3) is 5.69. The van der Waals surface area contributed by atoms with Gasteiger partial charge in [0.05, 0.1) is 11.0 Å². The Morgan fingerprint density at radius 3 is 1.78 bits per heavy atom. The number of aromatic nitrogens is 4. The summed E-state index contributed by atoms with van der Waals surface area (Å²) in [4.78, 5) is 15.5. The maximum Gasteiger partial charge on any atom is 0.164 e. The Morgan fingerprint density at radius 2 is 0.937 bits per heavy atom. The Morgan fingerprint density at radius 1 is 0.317 bits per heavy atom. The lowest BCUT2D eigenvalue weighted by Gasteiger charge is -2.10. The van der Waals surface area contributed by atoms with Gasteiger partial charge in [-0.15, -0.1) is 0 Å². The fourth-order valence-corrected chi connectivity index (χ4v) is 9.32. The zero-order chi connectivity index (χ0) is 41.4. The van der Waals surface area contributed by atoms with Gasteiger partial charge in [-0.05, 0) is 71.3 Å². The van der Waals surface area contributed by atoms with Crippen LogP contribution in [-0.2, 0) is 0 Å². The first-order chi connectivity index (χ1) is 31.2. The third-order valence-electron chi connectivity index (χ3n) is 12.3. The van der Waals surface area contributed by atoms with Crippen molar-refractivity contribution in [2.24, 2.45) is 0 Å². The molecule has 13 aromatic rings. The van der Waals surface area contributed by atoms with Gasteiger partial charge in [0, 0.05) is 60.3 Å². The molecule has 6 heteroatoms. The number of para-hydroxylation sites is 3. The van der Waals surface area contributed by atoms with E-state index in [-0.39, 0.29) is 0 Å². The molecule has 0 aliphatic rings. The highest BCUT2D eigenvalue weighted by atomic mass is 16.3. The molecule has 6 nitrogen and oxygen atoms in total. The Balaban J connectivity index is 0.976. The molecule has 0 aliphatic carbocycles. The minimum absolute atomic E-state index is 0.553. The van der Waals surface area contributed by atoms with Crippen LogP contribution in [0.5, 0.6) is 0 Å². The van der Waals surface area contributed by atoms with Crippen LogP contribution in [0.3, 0.4) is 0 Å². The van der Waals surface area contributed by atoms with Gasteiger partial charge < -0.3 is 13.4 Å². The zero-order valence-corrected chi connectivity index (χ0v) is 33.7. The van der Waals surface area contributed by atoms with Gasteiger partial charge in [0.25, 0.3) is 0 Å². The molecule has 0 saturated carbocycles. The summed E-state index contributed by atoms with van der Waals surface area (Å²) in [5.41, 5.74) is 13.6. The Bertz CT molecular complexity index is 3900. The Labute approximate surface area is 361 Å². The van der Waals surface area contributed by atoms with Crippen LogP contribution in [0.25, 0.3) is 128 Å².